The maximum atomic E-state index is 12.2. The summed E-state index contributed by atoms with van der Waals surface area (Å²) in [7, 11) is 0. The van der Waals surface area contributed by atoms with Crippen LogP contribution in [0.4, 0.5) is 0 Å². The molecule has 1 aromatic carbocycles. The van der Waals surface area contributed by atoms with Crippen LogP contribution in [0, 0.1) is 0 Å². The Labute approximate surface area is 145 Å². The number of hydrazone groups is 1. The first-order valence-electron chi connectivity index (χ1n) is 7.95. The van der Waals surface area contributed by atoms with E-state index in [0.29, 0.717) is 17.9 Å². The molecule has 25 heavy (non-hydrogen) atoms. The molecule has 2 aromatic rings. The summed E-state index contributed by atoms with van der Waals surface area (Å²) in [6.07, 6.45) is 2.92. The van der Waals surface area contributed by atoms with E-state index in [1.165, 1.54) is 16.8 Å². The normalized spacial score (nSPS) is 11.0. The number of amides is 1. The van der Waals surface area contributed by atoms with Gasteiger partial charge in [0.2, 0.25) is 0 Å². The predicted octanol–water partition coefficient (Wildman–Crippen LogP) is 2.30. The molecule has 7 heteroatoms. The second-order valence-corrected chi connectivity index (χ2v) is 5.55. The molecule has 0 saturated heterocycles. The van der Waals surface area contributed by atoms with E-state index in [1.54, 1.807) is 30.5 Å². The van der Waals surface area contributed by atoms with Gasteiger partial charge >= 0.3 is 0 Å². The van der Waals surface area contributed by atoms with Gasteiger partial charge in [-0.3, -0.25) is 9.59 Å². The molecule has 1 heterocycles. The van der Waals surface area contributed by atoms with Crippen LogP contribution in [0.25, 0.3) is 0 Å². The lowest BCUT2D eigenvalue weighted by Gasteiger charge is -2.10. The van der Waals surface area contributed by atoms with Gasteiger partial charge in [0.05, 0.1) is 12.8 Å². The van der Waals surface area contributed by atoms with Gasteiger partial charge in [-0.15, -0.1) is 0 Å². The molecular formula is C18H21N3O4. The maximum absolute atomic E-state index is 12.2. The summed E-state index contributed by atoms with van der Waals surface area (Å²) in [5.74, 6) is -0.346. The number of phenolic OH excluding ortho intramolecular Hbond substituents is 1. The van der Waals surface area contributed by atoms with Crippen molar-refractivity contribution in [3.63, 3.8) is 0 Å². The van der Waals surface area contributed by atoms with Gasteiger partial charge in [0, 0.05) is 17.8 Å². The topological polar surface area (TPSA) is 92.9 Å². The zero-order valence-corrected chi connectivity index (χ0v) is 14.4. The van der Waals surface area contributed by atoms with E-state index in [2.05, 4.69) is 10.5 Å². The molecule has 0 unspecified atom stereocenters. The van der Waals surface area contributed by atoms with Crippen molar-refractivity contribution in [1.82, 2.24) is 9.99 Å². The van der Waals surface area contributed by atoms with Gasteiger partial charge in [-0.1, -0.05) is 6.07 Å². The maximum Gasteiger partial charge on any atom is 0.276 e. The SMILES string of the molecule is CCOc1cccc(/C=N\NC(=O)c2cccn(C(C)C)c2=O)c1O. The Hall–Kier alpha value is -3.09. The number of nitrogens with one attached hydrogen (secondary N) is 1. The molecule has 1 amide bonds. The molecule has 0 aliphatic heterocycles. The van der Waals surface area contributed by atoms with Crippen molar-refractivity contribution in [1.29, 1.82) is 0 Å². The summed E-state index contributed by atoms with van der Waals surface area (Å²) in [5, 5.41) is 13.9. The minimum atomic E-state index is -0.614. The molecule has 0 fully saturated rings. The van der Waals surface area contributed by atoms with Crippen molar-refractivity contribution in [3.8, 4) is 11.5 Å². The quantitative estimate of drug-likeness (QED) is 0.622. The van der Waals surface area contributed by atoms with Crippen molar-refractivity contribution in [3.05, 3.63) is 58.0 Å². The van der Waals surface area contributed by atoms with Gasteiger partial charge in [-0.25, -0.2) is 5.43 Å². The first-order valence-corrected chi connectivity index (χ1v) is 7.95. The number of rotatable bonds is 6. The van der Waals surface area contributed by atoms with Crippen LogP contribution in [0.15, 0.2) is 46.4 Å². The van der Waals surface area contributed by atoms with E-state index in [1.807, 2.05) is 20.8 Å². The van der Waals surface area contributed by atoms with Crippen molar-refractivity contribution >= 4 is 12.1 Å². The van der Waals surface area contributed by atoms with Gasteiger partial charge in [0.1, 0.15) is 5.56 Å². The summed E-state index contributed by atoms with van der Waals surface area (Å²) in [4.78, 5) is 24.4. The smallest absolute Gasteiger partial charge is 0.276 e. The van der Waals surface area contributed by atoms with Crippen LogP contribution < -0.4 is 15.7 Å². The van der Waals surface area contributed by atoms with E-state index in [4.69, 9.17) is 4.74 Å². The van der Waals surface area contributed by atoms with Crippen molar-refractivity contribution in [2.24, 2.45) is 5.10 Å². The van der Waals surface area contributed by atoms with Crippen molar-refractivity contribution in [2.45, 2.75) is 26.8 Å². The zero-order valence-electron chi connectivity index (χ0n) is 14.4. The van der Waals surface area contributed by atoms with E-state index in [9.17, 15) is 14.7 Å². The van der Waals surface area contributed by atoms with Crippen LogP contribution in [0.3, 0.4) is 0 Å². The monoisotopic (exact) mass is 343 g/mol. The third-order valence-electron chi connectivity index (χ3n) is 3.48. The Kier molecular flexibility index (Phi) is 5.94. The highest BCUT2D eigenvalue weighted by Crippen LogP contribution is 2.28. The van der Waals surface area contributed by atoms with Gasteiger partial charge in [-0.2, -0.15) is 5.10 Å². The second kappa shape index (κ2) is 8.14. The van der Waals surface area contributed by atoms with Gasteiger partial charge in [-0.05, 0) is 45.0 Å². The molecule has 0 spiro atoms. The Balaban J connectivity index is 2.16. The fraction of sp³-hybridized carbons (Fsp3) is 0.278. The minimum absolute atomic E-state index is 0.000592. The highest BCUT2D eigenvalue weighted by Gasteiger charge is 2.13. The van der Waals surface area contributed by atoms with E-state index >= 15 is 0 Å². The molecule has 0 radical (unpaired) electrons. The predicted molar refractivity (Wildman–Crippen MR) is 95.4 cm³/mol. The third-order valence-corrected chi connectivity index (χ3v) is 3.48. The number of carbonyl (C=O) groups is 1. The number of aromatic hydroxyl groups is 1. The van der Waals surface area contributed by atoms with Gasteiger partial charge in [0.15, 0.2) is 11.5 Å². The Bertz CT molecular complexity index is 840. The van der Waals surface area contributed by atoms with Gasteiger partial charge in [0.25, 0.3) is 11.5 Å². The average molecular weight is 343 g/mol. The first-order chi connectivity index (χ1) is 12.0. The standard InChI is InChI=1S/C18H21N3O4/c1-4-25-15-9-5-7-13(16(15)22)11-19-20-17(23)14-8-6-10-21(12(2)3)18(14)24/h5-12,22H,4H2,1-3H3,(H,20,23)/b19-11-. The van der Waals surface area contributed by atoms with Gasteiger partial charge < -0.3 is 14.4 Å². The number of benzene rings is 1. The molecule has 0 aliphatic rings. The number of aromatic nitrogens is 1. The van der Waals surface area contributed by atoms with E-state index < -0.39 is 5.91 Å². The number of nitrogens with zero attached hydrogens (tertiary/aromatic N) is 2. The molecule has 0 bridgehead atoms. The van der Waals surface area contributed by atoms with Crippen LogP contribution in [0.2, 0.25) is 0 Å². The number of hydrogen-bond donors (Lipinski definition) is 2. The molecule has 2 N–H and O–H groups in total. The molecule has 132 valence electrons. The number of pyridine rings is 1. The summed E-state index contributed by atoms with van der Waals surface area (Å²) in [5.41, 5.74) is 2.30. The molecule has 0 saturated carbocycles. The molecule has 2 rings (SSSR count). The molecule has 0 atom stereocenters. The fourth-order valence-corrected chi connectivity index (χ4v) is 2.23. The highest BCUT2D eigenvalue weighted by molar-refractivity contribution is 5.94. The van der Waals surface area contributed by atoms with Crippen molar-refractivity contribution < 1.29 is 14.6 Å². The lowest BCUT2D eigenvalue weighted by Crippen LogP contribution is -2.31. The van der Waals surface area contributed by atoms with Crippen LogP contribution in [0.1, 0.15) is 42.7 Å². The molecular weight excluding hydrogens is 322 g/mol. The van der Waals surface area contributed by atoms with E-state index in [-0.39, 0.29) is 22.9 Å². The lowest BCUT2D eigenvalue weighted by molar-refractivity contribution is 0.0953. The minimum Gasteiger partial charge on any atom is -0.504 e. The lowest BCUT2D eigenvalue weighted by atomic mass is 10.2. The fourth-order valence-electron chi connectivity index (χ4n) is 2.23. The summed E-state index contributed by atoms with van der Waals surface area (Å²) < 4.78 is 6.75. The summed E-state index contributed by atoms with van der Waals surface area (Å²) >= 11 is 0. The summed E-state index contributed by atoms with van der Waals surface area (Å²) in [6.45, 7) is 5.94. The Morgan fingerprint density at radius 1 is 1.36 bits per heavy atom. The Morgan fingerprint density at radius 3 is 2.80 bits per heavy atom. The summed E-state index contributed by atoms with van der Waals surface area (Å²) in [6, 6.07) is 7.99. The highest BCUT2D eigenvalue weighted by atomic mass is 16.5. The van der Waals surface area contributed by atoms with Crippen LogP contribution in [-0.2, 0) is 0 Å². The van der Waals surface area contributed by atoms with Crippen LogP contribution >= 0.6 is 0 Å². The zero-order chi connectivity index (χ0) is 18.4. The van der Waals surface area contributed by atoms with Crippen LogP contribution in [-0.4, -0.2) is 28.4 Å². The molecule has 0 aliphatic carbocycles. The second-order valence-electron chi connectivity index (χ2n) is 5.55. The van der Waals surface area contributed by atoms with Crippen LogP contribution in [0.5, 0.6) is 11.5 Å². The number of hydrogen-bond acceptors (Lipinski definition) is 5. The number of para-hydroxylation sites is 1. The Morgan fingerprint density at radius 2 is 2.12 bits per heavy atom. The largest absolute Gasteiger partial charge is 0.504 e. The molecule has 7 nitrogen and oxygen atoms in total. The number of carbonyl (C=O) groups excluding carboxylic acids is 1. The third kappa shape index (κ3) is 4.26. The number of phenols is 1. The number of ether oxygens (including phenoxy) is 1. The van der Waals surface area contributed by atoms with Crippen molar-refractivity contribution in [2.75, 3.05) is 6.61 Å². The first kappa shape index (κ1) is 18.3. The average Bonchev–Trinajstić information content (AvgIpc) is 2.58. The van der Waals surface area contributed by atoms with E-state index in [0.717, 1.165) is 0 Å². The molecule has 1 aromatic heterocycles.